The van der Waals surface area contributed by atoms with E-state index in [1.165, 1.54) is 38.8 Å². The van der Waals surface area contributed by atoms with Crippen molar-refractivity contribution in [1.29, 1.82) is 0 Å². The van der Waals surface area contributed by atoms with Crippen LogP contribution in [0.3, 0.4) is 0 Å². The molecule has 1 aliphatic heterocycles. The first kappa shape index (κ1) is 11.4. The van der Waals surface area contributed by atoms with Crippen molar-refractivity contribution >= 4 is 0 Å². The number of nitrogens with one attached hydrogen (secondary N) is 1. The third kappa shape index (κ3) is 2.19. The maximum Gasteiger partial charge on any atom is 0.0502 e. The quantitative estimate of drug-likeness (QED) is 0.719. The second-order valence-electron chi connectivity index (χ2n) is 5.43. The van der Waals surface area contributed by atoms with Gasteiger partial charge in [0.2, 0.25) is 0 Å². The fourth-order valence-electron chi connectivity index (χ4n) is 3.13. The Kier molecular flexibility index (Phi) is 3.33. The van der Waals surface area contributed by atoms with Crippen LogP contribution in [0.5, 0.6) is 0 Å². The molecule has 0 bridgehead atoms. The first-order chi connectivity index (χ1) is 7.22. The third-order valence-electron chi connectivity index (χ3n) is 4.41. The number of rotatable bonds is 4. The number of piperidine rings is 1. The summed E-state index contributed by atoms with van der Waals surface area (Å²) in [5, 5.41) is 13.0. The van der Waals surface area contributed by atoms with E-state index in [9.17, 15) is 5.11 Å². The molecule has 1 atom stereocenters. The largest absolute Gasteiger partial charge is 0.396 e. The Morgan fingerprint density at radius 3 is 2.40 bits per heavy atom. The fourth-order valence-corrected chi connectivity index (χ4v) is 3.13. The SMILES string of the molecule is CNC(C1CCN(C)CC1)C1(CO)CC1. The summed E-state index contributed by atoms with van der Waals surface area (Å²) in [7, 11) is 4.25. The number of likely N-dealkylation sites (tertiary alicyclic amines) is 1. The van der Waals surface area contributed by atoms with Gasteiger partial charge in [0, 0.05) is 11.5 Å². The average molecular weight is 212 g/mol. The van der Waals surface area contributed by atoms with Crippen LogP contribution in [0.4, 0.5) is 0 Å². The van der Waals surface area contributed by atoms with Crippen molar-refractivity contribution in [3.8, 4) is 0 Å². The summed E-state index contributed by atoms with van der Waals surface area (Å²) in [6.07, 6.45) is 4.98. The van der Waals surface area contributed by atoms with Gasteiger partial charge < -0.3 is 15.3 Å². The van der Waals surface area contributed by atoms with Crippen molar-refractivity contribution in [2.24, 2.45) is 11.3 Å². The van der Waals surface area contributed by atoms with Crippen molar-refractivity contribution in [3.05, 3.63) is 0 Å². The number of aliphatic hydroxyl groups is 1. The molecule has 0 aromatic carbocycles. The molecule has 2 N–H and O–H groups in total. The highest BCUT2D eigenvalue weighted by atomic mass is 16.3. The van der Waals surface area contributed by atoms with Gasteiger partial charge in [-0.1, -0.05) is 0 Å². The van der Waals surface area contributed by atoms with Gasteiger partial charge in [0.25, 0.3) is 0 Å². The normalized spacial score (nSPS) is 29.0. The molecule has 0 radical (unpaired) electrons. The molecule has 0 spiro atoms. The highest BCUT2D eigenvalue weighted by molar-refractivity contribution is 5.04. The zero-order valence-corrected chi connectivity index (χ0v) is 10.00. The molecule has 2 fully saturated rings. The van der Waals surface area contributed by atoms with E-state index in [1.807, 2.05) is 0 Å². The van der Waals surface area contributed by atoms with Crippen LogP contribution in [-0.4, -0.2) is 49.8 Å². The molecule has 0 aromatic heterocycles. The zero-order chi connectivity index (χ0) is 10.9. The highest BCUT2D eigenvalue weighted by Crippen LogP contribution is 2.51. The molecule has 88 valence electrons. The highest BCUT2D eigenvalue weighted by Gasteiger charge is 2.50. The molecule has 3 nitrogen and oxygen atoms in total. The molecule has 2 aliphatic rings. The van der Waals surface area contributed by atoms with E-state index >= 15 is 0 Å². The molecule has 3 heteroatoms. The number of aliphatic hydroxyl groups excluding tert-OH is 1. The molecular formula is C12H24N2O. The van der Waals surface area contributed by atoms with Crippen LogP contribution >= 0.6 is 0 Å². The molecule has 1 saturated carbocycles. The van der Waals surface area contributed by atoms with Gasteiger partial charge in [-0.2, -0.15) is 0 Å². The van der Waals surface area contributed by atoms with Crippen LogP contribution in [0.2, 0.25) is 0 Å². The summed E-state index contributed by atoms with van der Waals surface area (Å²) >= 11 is 0. The van der Waals surface area contributed by atoms with Crippen LogP contribution in [0.15, 0.2) is 0 Å². The lowest BCUT2D eigenvalue weighted by atomic mass is 9.80. The lowest BCUT2D eigenvalue weighted by Crippen LogP contribution is -2.47. The van der Waals surface area contributed by atoms with Gasteiger partial charge in [0.15, 0.2) is 0 Å². The Morgan fingerprint density at radius 2 is 2.00 bits per heavy atom. The molecule has 1 unspecified atom stereocenters. The summed E-state index contributed by atoms with van der Waals surface area (Å²) in [6.45, 7) is 2.79. The van der Waals surface area contributed by atoms with Crippen molar-refractivity contribution in [1.82, 2.24) is 10.2 Å². The maximum absolute atomic E-state index is 9.49. The summed E-state index contributed by atoms with van der Waals surface area (Å²) in [4.78, 5) is 2.40. The van der Waals surface area contributed by atoms with Gasteiger partial charge in [0.1, 0.15) is 0 Å². The Bertz CT molecular complexity index is 208. The summed E-state index contributed by atoms with van der Waals surface area (Å²) in [5.41, 5.74) is 0.231. The van der Waals surface area contributed by atoms with E-state index in [2.05, 4.69) is 24.3 Å². The van der Waals surface area contributed by atoms with E-state index < -0.39 is 0 Å². The topological polar surface area (TPSA) is 35.5 Å². The van der Waals surface area contributed by atoms with E-state index in [0.29, 0.717) is 12.6 Å². The Hall–Kier alpha value is -0.120. The predicted molar refractivity (Wildman–Crippen MR) is 61.8 cm³/mol. The molecule has 0 aromatic rings. The second kappa shape index (κ2) is 4.40. The minimum absolute atomic E-state index is 0.231. The third-order valence-corrected chi connectivity index (χ3v) is 4.41. The van der Waals surface area contributed by atoms with Crippen LogP contribution in [0.1, 0.15) is 25.7 Å². The van der Waals surface area contributed by atoms with Gasteiger partial charge in [0.05, 0.1) is 6.61 Å². The Labute approximate surface area is 92.8 Å². The van der Waals surface area contributed by atoms with Gasteiger partial charge in [-0.15, -0.1) is 0 Å². The van der Waals surface area contributed by atoms with E-state index in [-0.39, 0.29) is 5.41 Å². The Balaban J connectivity index is 1.95. The fraction of sp³-hybridized carbons (Fsp3) is 1.00. The summed E-state index contributed by atoms with van der Waals surface area (Å²) < 4.78 is 0. The molecular weight excluding hydrogens is 188 g/mol. The van der Waals surface area contributed by atoms with Gasteiger partial charge >= 0.3 is 0 Å². The lowest BCUT2D eigenvalue weighted by molar-refractivity contribution is 0.107. The standard InChI is InChI=1S/C12H24N2O/c1-13-11(12(9-15)5-6-12)10-3-7-14(2)8-4-10/h10-11,13,15H,3-9H2,1-2H3. The number of nitrogens with zero attached hydrogens (tertiary/aromatic N) is 1. The smallest absolute Gasteiger partial charge is 0.0502 e. The van der Waals surface area contributed by atoms with E-state index in [4.69, 9.17) is 0 Å². The summed E-state index contributed by atoms with van der Waals surface area (Å²) in [5.74, 6) is 0.765. The van der Waals surface area contributed by atoms with Crippen LogP contribution in [-0.2, 0) is 0 Å². The van der Waals surface area contributed by atoms with Gasteiger partial charge in [-0.05, 0) is 58.8 Å². The molecule has 1 saturated heterocycles. The van der Waals surface area contributed by atoms with E-state index in [0.717, 1.165) is 5.92 Å². The monoisotopic (exact) mass is 212 g/mol. The lowest BCUT2D eigenvalue weighted by Gasteiger charge is -2.38. The molecule has 2 rings (SSSR count). The second-order valence-corrected chi connectivity index (χ2v) is 5.43. The van der Waals surface area contributed by atoms with Crippen LogP contribution < -0.4 is 5.32 Å². The maximum atomic E-state index is 9.49. The van der Waals surface area contributed by atoms with Gasteiger partial charge in [-0.25, -0.2) is 0 Å². The van der Waals surface area contributed by atoms with Gasteiger partial charge in [-0.3, -0.25) is 0 Å². The minimum atomic E-state index is 0.231. The minimum Gasteiger partial charge on any atom is -0.396 e. The average Bonchev–Trinajstić information content (AvgIpc) is 3.03. The molecule has 1 aliphatic carbocycles. The Morgan fingerprint density at radius 1 is 1.40 bits per heavy atom. The first-order valence-corrected chi connectivity index (χ1v) is 6.18. The molecule has 1 heterocycles. The van der Waals surface area contributed by atoms with Crippen molar-refractivity contribution in [3.63, 3.8) is 0 Å². The number of hydrogen-bond acceptors (Lipinski definition) is 3. The van der Waals surface area contributed by atoms with Crippen LogP contribution in [0.25, 0.3) is 0 Å². The van der Waals surface area contributed by atoms with Crippen molar-refractivity contribution in [2.45, 2.75) is 31.7 Å². The van der Waals surface area contributed by atoms with Crippen molar-refractivity contribution in [2.75, 3.05) is 33.8 Å². The number of hydrogen-bond donors (Lipinski definition) is 2. The van der Waals surface area contributed by atoms with Crippen LogP contribution in [0, 0.1) is 11.3 Å². The predicted octanol–water partition coefficient (Wildman–Crippen LogP) is 0.689. The molecule has 15 heavy (non-hydrogen) atoms. The molecule has 0 amide bonds. The van der Waals surface area contributed by atoms with Crippen molar-refractivity contribution < 1.29 is 5.11 Å². The first-order valence-electron chi connectivity index (χ1n) is 6.18. The van der Waals surface area contributed by atoms with E-state index in [1.54, 1.807) is 0 Å². The zero-order valence-electron chi connectivity index (χ0n) is 10.00. The summed E-state index contributed by atoms with van der Waals surface area (Å²) in [6, 6.07) is 0.538.